The molecule has 3 aromatic carbocycles. The minimum absolute atomic E-state index is 0.0204. The average molecular weight is 698 g/mol. The van der Waals surface area contributed by atoms with Crippen LogP contribution in [-0.4, -0.2) is 90.5 Å². The number of benzene rings is 3. The van der Waals surface area contributed by atoms with Crippen LogP contribution in [0, 0.1) is 0 Å². The predicted octanol–water partition coefficient (Wildman–Crippen LogP) is 3.32. The first-order valence-electron chi connectivity index (χ1n) is 17.2. The van der Waals surface area contributed by atoms with E-state index in [1.807, 2.05) is 78.9 Å². The number of fused-ring (bicyclic) bond motifs is 1. The lowest BCUT2D eigenvalue weighted by atomic mass is 9.98. The molecule has 51 heavy (non-hydrogen) atoms. The predicted molar refractivity (Wildman–Crippen MR) is 186 cm³/mol. The van der Waals surface area contributed by atoms with E-state index in [2.05, 4.69) is 27.1 Å². The molecule has 9 atom stereocenters. The van der Waals surface area contributed by atoms with Gasteiger partial charge < -0.3 is 44.7 Å². The highest BCUT2D eigenvalue weighted by Crippen LogP contribution is 2.38. The monoisotopic (exact) mass is 697 g/mol. The molecule has 2 aliphatic rings. The Morgan fingerprint density at radius 3 is 2.08 bits per heavy atom. The first-order chi connectivity index (χ1) is 25.0. The molecule has 0 unspecified atom stereocenters. The number of hydrogen-bond donors (Lipinski definition) is 4. The van der Waals surface area contributed by atoms with E-state index in [0.717, 1.165) is 24.0 Å². The van der Waals surface area contributed by atoms with E-state index in [4.69, 9.17) is 29.4 Å². The Morgan fingerprint density at radius 1 is 0.706 bits per heavy atom. The average Bonchev–Trinajstić information content (AvgIpc) is 3.72. The largest absolute Gasteiger partial charge is 0.387 e. The zero-order valence-corrected chi connectivity index (χ0v) is 28.0. The molecule has 0 bridgehead atoms. The topological polar surface area (TPSA) is 176 Å². The Hall–Kier alpha value is -4.31. The number of ether oxygens (including phenoxy) is 5. The van der Waals surface area contributed by atoms with Crippen molar-refractivity contribution >= 4 is 17.0 Å². The number of nitrogens with zero attached hydrogens (tertiary/aromatic N) is 4. The van der Waals surface area contributed by atoms with Gasteiger partial charge >= 0.3 is 0 Å². The molecule has 13 heteroatoms. The van der Waals surface area contributed by atoms with E-state index in [0.29, 0.717) is 17.6 Å². The SMILES string of the molecule is Nc1ncnc2c1ncn2[C@@H]1O[C@H](CCCc2ccccc2)[C@@H](O[C@H]2O[C@H](COCc3ccccc3)[C@@H](O)[C@H](O)[C@H]2OCc2ccccc2)[C@H]1O. The van der Waals surface area contributed by atoms with Crippen molar-refractivity contribution in [1.29, 1.82) is 0 Å². The van der Waals surface area contributed by atoms with Gasteiger partial charge in [0.05, 0.1) is 32.3 Å². The minimum Gasteiger partial charge on any atom is -0.387 e. The smallest absolute Gasteiger partial charge is 0.187 e. The summed E-state index contributed by atoms with van der Waals surface area (Å²) in [6, 6.07) is 29.2. The van der Waals surface area contributed by atoms with Crippen molar-refractivity contribution < 1.29 is 39.0 Å². The van der Waals surface area contributed by atoms with E-state index in [-0.39, 0.29) is 25.6 Å². The van der Waals surface area contributed by atoms with Gasteiger partial charge in [0.2, 0.25) is 0 Å². The molecule has 0 aliphatic carbocycles. The highest BCUT2D eigenvalue weighted by atomic mass is 16.7. The Balaban J connectivity index is 1.13. The highest BCUT2D eigenvalue weighted by molar-refractivity contribution is 5.81. The molecule has 13 nitrogen and oxygen atoms in total. The molecule has 0 saturated carbocycles. The highest BCUT2D eigenvalue weighted by Gasteiger charge is 2.52. The summed E-state index contributed by atoms with van der Waals surface area (Å²) in [6.07, 6.45) is -4.73. The van der Waals surface area contributed by atoms with Gasteiger partial charge in [-0.3, -0.25) is 4.57 Å². The maximum absolute atomic E-state index is 11.9. The fraction of sp³-hybridized carbons (Fsp3) is 0.395. The Morgan fingerprint density at radius 2 is 1.37 bits per heavy atom. The molecular weight excluding hydrogens is 654 g/mol. The van der Waals surface area contributed by atoms with E-state index in [1.54, 1.807) is 4.57 Å². The number of hydrogen-bond acceptors (Lipinski definition) is 12. The number of nitrogens with two attached hydrogens (primary N) is 1. The number of aliphatic hydroxyl groups excluding tert-OH is 3. The second kappa shape index (κ2) is 16.4. The van der Waals surface area contributed by atoms with Crippen LogP contribution in [0.2, 0.25) is 0 Å². The van der Waals surface area contributed by atoms with Crippen molar-refractivity contribution in [2.45, 2.75) is 87.7 Å². The van der Waals surface area contributed by atoms with E-state index in [9.17, 15) is 15.3 Å². The summed E-state index contributed by atoms with van der Waals surface area (Å²) in [5.41, 5.74) is 9.84. The summed E-state index contributed by atoms with van der Waals surface area (Å²) in [6.45, 7) is 0.395. The zero-order valence-electron chi connectivity index (χ0n) is 28.0. The number of rotatable bonds is 14. The number of aliphatic hydroxyl groups is 3. The lowest BCUT2D eigenvalue weighted by Gasteiger charge is -2.43. The molecule has 2 fully saturated rings. The number of aryl methyl sites for hydroxylation is 1. The van der Waals surface area contributed by atoms with Crippen molar-refractivity contribution in [3.8, 4) is 0 Å². The molecule has 7 rings (SSSR count). The van der Waals surface area contributed by atoms with E-state index < -0.39 is 55.2 Å². The molecule has 268 valence electrons. The second-order valence-corrected chi connectivity index (χ2v) is 12.9. The molecule has 2 aliphatic heterocycles. The number of anilines is 1. The van der Waals surface area contributed by atoms with Crippen LogP contribution < -0.4 is 5.73 Å². The van der Waals surface area contributed by atoms with Gasteiger partial charge in [-0.25, -0.2) is 15.0 Å². The summed E-state index contributed by atoms with van der Waals surface area (Å²) in [5.74, 6) is 0.209. The van der Waals surface area contributed by atoms with Gasteiger partial charge in [-0.05, 0) is 36.0 Å². The minimum atomic E-state index is -1.39. The lowest BCUT2D eigenvalue weighted by Crippen LogP contribution is -2.61. The van der Waals surface area contributed by atoms with Gasteiger partial charge in [0.15, 0.2) is 24.0 Å². The summed E-state index contributed by atoms with van der Waals surface area (Å²) < 4.78 is 33.2. The van der Waals surface area contributed by atoms with Crippen LogP contribution in [0.4, 0.5) is 5.82 Å². The summed E-state index contributed by atoms with van der Waals surface area (Å²) in [7, 11) is 0. The third kappa shape index (κ3) is 8.11. The summed E-state index contributed by atoms with van der Waals surface area (Å²) in [5, 5.41) is 34.6. The third-order valence-electron chi connectivity index (χ3n) is 9.38. The molecule has 0 amide bonds. The van der Waals surface area contributed by atoms with Crippen molar-refractivity contribution in [3.63, 3.8) is 0 Å². The van der Waals surface area contributed by atoms with Gasteiger partial charge in [0, 0.05) is 0 Å². The van der Waals surface area contributed by atoms with Crippen LogP contribution in [0.3, 0.4) is 0 Å². The van der Waals surface area contributed by atoms with Gasteiger partial charge in [0.1, 0.15) is 48.5 Å². The van der Waals surface area contributed by atoms with Crippen molar-refractivity contribution in [2.75, 3.05) is 12.3 Å². The van der Waals surface area contributed by atoms with Crippen LogP contribution in [0.5, 0.6) is 0 Å². The Bertz CT molecular complexity index is 1810. The van der Waals surface area contributed by atoms with Gasteiger partial charge in [-0.2, -0.15) is 0 Å². The summed E-state index contributed by atoms with van der Waals surface area (Å²) in [4.78, 5) is 12.7. The van der Waals surface area contributed by atoms with Crippen molar-refractivity contribution in [3.05, 3.63) is 120 Å². The van der Waals surface area contributed by atoms with Gasteiger partial charge in [-0.1, -0.05) is 91.0 Å². The molecule has 2 aromatic heterocycles. The van der Waals surface area contributed by atoms with Crippen LogP contribution in [-0.2, 0) is 43.3 Å². The van der Waals surface area contributed by atoms with E-state index >= 15 is 0 Å². The van der Waals surface area contributed by atoms with Crippen molar-refractivity contribution in [1.82, 2.24) is 19.5 Å². The molecule has 5 N–H and O–H groups in total. The van der Waals surface area contributed by atoms with Crippen molar-refractivity contribution in [2.24, 2.45) is 0 Å². The number of imidazole rings is 1. The van der Waals surface area contributed by atoms with Crippen LogP contribution >= 0.6 is 0 Å². The van der Waals surface area contributed by atoms with E-state index in [1.165, 1.54) is 18.2 Å². The van der Waals surface area contributed by atoms with Crippen LogP contribution in [0.15, 0.2) is 104 Å². The third-order valence-corrected chi connectivity index (χ3v) is 9.38. The normalized spacial score (nSPS) is 27.9. The Kier molecular flexibility index (Phi) is 11.3. The first-order valence-corrected chi connectivity index (χ1v) is 17.2. The fourth-order valence-electron chi connectivity index (χ4n) is 6.68. The Labute approximate surface area is 295 Å². The van der Waals surface area contributed by atoms with Gasteiger partial charge in [0.25, 0.3) is 0 Å². The quantitative estimate of drug-likeness (QED) is 0.133. The standard InChI is InChI=1S/C38H43N5O8/c39-35-29-36(41-22-40-35)43(23-42-29)37-32(46)33(27(49-37)18-10-17-24-11-4-1-5-12-24)51-38-34(48-20-26-15-8-3-9-16-26)31(45)30(44)28(50-38)21-47-19-25-13-6-2-7-14-25/h1-9,11-16,22-23,27-28,30-34,37-38,44-46H,10,17-21H2,(H2,39,40,41)/t27-,28-,30-,31+,32-,33-,34-,37-,38-/m1/s1. The molecule has 4 heterocycles. The van der Waals surface area contributed by atoms with Gasteiger partial charge in [-0.15, -0.1) is 0 Å². The fourth-order valence-corrected chi connectivity index (χ4v) is 6.68. The van der Waals surface area contributed by atoms with Crippen LogP contribution in [0.1, 0.15) is 35.8 Å². The maximum atomic E-state index is 11.9. The number of nitrogen functional groups attached to an aromatic ring is 1. The first kappa shape index (κ1) is 35.1. The summed E-state index contributed by atoms with van der Waals surface area (Å²) >= 11 is 0. The zero-order chi connectivity index (χ0) is 35.2. The maximum Gasteiger partial charge on any atom is 0.187 e. The number of aromatic nitrogens is 4. The lowest BCUT2D eigenvalue weighted by molar-refractivity contribution is -0.328. The van der Waals surface area contributed by atoms with Crippen LogP contribution in [0.25, 0.3) is 11.2 Å². The molecule has 0 radical (unpaired) electrons. The molecule has 5 aromatic rings. The molecule has 0 spiro atoms. The molecular formula is C38H43N5O8. The molecule has 2 saturated heterocycles. The second-order valence-electron chi connectivity index (χ2n) is 12.9.